The summed E-state index contributed by atoms with van der Waals surface area (Å²) in [5.41, 5.74) is 0.783. The largest absolute Gasteiger partial charge is 0.411 e. The maximum atomic E-state index is 11.8. The Morgan fingerprint density at radius 1 is 1.22 bits per heavy atom. The highest BCUT2D eigenvalue weighted by Crippen LogP contribution is 2.14. The number of alkyl halides is 3. The first-order chi connectivity index (χ1) is 10.6. The molecule has 0 aliphatic rings. The Morgan fingerprint density at radius 3 is 2.35 bits per heavy atom. The fourth-order valence-corrected chi connectivity index (χ4v) is 2.15. The van der Waals surface area contributed by atoms with Gasteiger partial charge in [0.15, 0.2) is 0 Å². The van der Waals surface area contributed by atoms with E-state index in [1.54, 1.807) is 12.1 Å². The van der Waals surface area contributed by atoms with Crippen molar-refractivity contribution in [2.45, 2.75) is 23.9 Å². The molecule has 1 amide bonds. The average Bonchev–Trinajstić information content (AvgIpc) is 2.42. The van der Waals surface area contributed by atoms with E-state index in [0.29, 0.717) is 6.42 Å². The first-order valence-electron chi connectivity index (χ1n) is 6.61. The summed E-state index contributed by atoms with van der Waals surface area (Å²) in [4.78, 5) is 11.4. The van der Waals surface area contributed by atoms with Crippen LogP contribution in [0.4, 0.5) is 13.2 Å². The summed E-state index contributed by atoms with van der Waals surface area (Å²) in [5, 5.41) is 7.49. The second-order valence-corrected chi connectivity index (χ2v) is 6.27. The summed E-state index contributed by atoms with van der Waals surface area (Å²) < 4.78 is 61.9. The van der Waals surface area contributed by atoms with E-state index in [2.05, 4.69) is 10.1 Å². The molecule has 0 aromatic heterocycles. The molecule has 1 aromatic carbocycles. The Bertz CT molecular complexity index is 615. The smallest absolute Gasteiger partial charge is 0.372 e. The third kappa shape index (κ3) is 8.53. The van der Waals surface area contributed by atoms with Crippen LogP contribution >= 0.6 is 0 Å². The third-order valence-corrected chi connectivity index (χ3v) is 3.66. The van der Waals surface area contributed by atoms with Gasteiger partial charge in [0.1, 0.15) is 6.61 Å². The molecule has 10 heteroatoms. The van der Waals surface area contributed by atoms with Gasteiger partial charge in [-0.1, -0.05) is 12.1 Å². The van der Waals surface area contributed by atoms with Crippen molar-refractivity contribution in [1.29, 1.82) is 0 Å². The second kappa shape index (κ2) is 8.27. The standard InChI is InChI=1S/C13H17F3N2O4S/c14-13(15,16)9-22-8-6-12(19)18-7-5-10-1-3-11(4-2-10)23(17,20)21/h1-4H,5-9H2,(H,18,19)(H2,17,20,21). The van der Waals surface area contributed by atoms with Gasteiger partial charge in [0.2, 0.25) is 15.9 Å². The minimum absolute atomic E-state index is 0.00732. The Labute approximate surface area is 131 Å². The molecular formula is C13H17F3N2O4S. The molecule has 0 atom stereocenters. The first kappa shape index (κ1) is 19.4. The fourth-order valence-electron chi connectivity index (χ4n) is 1.63. The van der Waals surface area contributed by atoms with Crippen LogP contribution in [0.5, 0.6) is 0 Å². The molecule has 0 unspecified atom stereocenters. The van der Waals surface area contributed by atoms with Gasteiger partial charge in [-0.25, -0.2) is 13.6 Å². The number of carbonyl (C=O) groups is 1. The molecule has 0 aliphatic carbocycles. The van der Waals surface area contributed by atoms with Crippen LogP contribution in [-0.2, 0) is 26.0 Å². The number of nitrogens with two attached hydrogens (primary N) is 1. The number of nitrogens with one attached hydrogen (secondary N) is 1. The summed E-state index contributed by atoms with van der Waals surface area (Å²) in [7, 11) is -3.74. The van der Waals surface area contributed by atoms with E-state index in [1.807, 2.05) is 0 Å². The lowest BCUT2D eigenvalue weighted by atomic mass is 10.1. The highest BCUT2D eigenvalue weighted by molar-refractivity contribution is 7.89. The Morgan fingerprint density at radius 2 is 1.83 bits per heavy atom. The van der Waals surface area contributed by atoms with E-state index in [-0.39, 0.29) is 24.5 Å². The molecule has 0 spiro atoms. The molecule has 3 N–H and O–H groups in total. The fraction of sp³-hybridized carbons (Fsp3) is 0.462. The topological polar surface area (TPSA) is 98.5 Å². The maximum absolute atomic E-state index is 11.8. The summed E-state index contributed by atoms with van der Waals surface area (Å²) in [6.45, 7) is -1.42. The number of ether oxygens (including phenoxy) is 1. The minimum Gasteiger partial charge on any atom is -0.372 e. The first-order valence-corrected chi connectivity index (χ1v) is 8.15. The minimum atomic E-state index is -4.40. The lowest BCUT2D eigenvalue weighted by Crippen LogP contribution is -2.27. The number of benzene rings is 1. The highest BCUT2D eigenvalue weighted by Gasteiger charge is 2.27. The van der Waals surface area contributed by atoms with Crippen LogP contribution in [0.3, 0.4) is 0 Å². The molecular weight excluding hydrogens is 337 g/mol. The van der Waals surface area contributed by atoms with E-state index in [1.165, 1.54) is 12.1 Å². The van der Waals surface area contributed by atoms with Crippen molar-refractivity contribution in [3.8, 4) is 0 Å². The molecule has 0 saturated heterocycles. The molecule has 1 rings (SSSR count). The van der Waals surface area contributed by atoms with Gasteiger partial charge in [-0.3, -0.25) is 4.79 Å². The van der Waals surface area contributed by atoms with Gasteiger partial charge in [-0.2, -0.15) is 13.2 Å². The zero-order valence-electron chi connectivity index (χ0n) is 12.1. The van der Waals surface area contributed by atoms with Crippen LogP contribution in [0.15, 0.2) is 29.2 Å². The second-order valence-electron chi connectivity index (χ2n) is 4.71. The zero-order valence-corrected chi connectivity index (χ0v) is 12.9. The number of amides is 1. The van der Waals surface area contributed by atoms with Crippen LogP contribution in [0.25, 0.3) is 0 Å². The molecule has 0 saturated carbocycles. The number of rotatable bonds is 8. The van der Waals surface area contributed by atoms with E-state index >= 15 is 0 Å². The van der Waals surface area contributed by atoms with Crippen LogP contribution in [0.2, 0.25) is 0 Å². The molecule has 0 fully saturated rings. The van der Waals surface area contributed by atoms with Crippen molar-refractivity contribution in [3.05, 3.63) is 29.8 Å². The van der Waals surface area contributed by atoms with Crippen molar-refractivity contribution >= 4 is 15.9 Å². The van der Waals surface area contributed by atoms with Crippen molar-refractivity contribution in [2.24, 2.45) is 5.14 Å². The molecule has 0 aliphatic heterocycles. The van der Waals surface area contributed by atoms with E-state index in [4.69, 9.17) is 5.14 Å². The number of carbonyl (C=O) groups excluding carboxylic acids is 1. The van der Waals surface area contributed by atoms with Gasteiger partial charge in [0.25, 0.3) is 0 Å². The zero-order chi connectivity index (χ0) is 17.5. The summed E-state index contributed by atoms with van der Waals surface area (Å²) in [5.74, 6) is -0.423. The molecule has 0 heterocycles. The van der Waals surface area contributed by atoms with Crippen LogP contribution < -0.4 is 10.5 Å². The number of hydrogen-bond acceptors (Lipinski definition) is 4. The van der Waals surface area contributed by atoms with Gasteiger partial charge in [0.05, 0.1) is 11.5 Å². The van der Waals surface area contributed by atoms with E-state index in [9.17, 15) is 26.4 Å². The average molecular weight is 354 g/mol. The predicted molar refractivity (Wildman–Crippen MR) is 76.0 cm³/mol. The van der Waals surface area contributed by atoms with Gasteiger partial charge < -0.3 is 10.1 Å². The van der Waals surface area contributed by atoms with E-state index < -0.39 is 28.7 Å². The van der Waals surface area contributed by atoms with Crippen molar-refractivity contribution in [3.63, 3.8) is 0 Å². The summed E-state index contributed by atoms with van der Waals surface area (Å²) in [6, 6.07) is 5.85. The van der Waals surface area contributed by atoms with E-state index in [0.717, 1.165) is 5.56 Å². The highest BCUT2D eigenvalue weighted by atomic mass is 32.2. The van der Waals surface area contributed by atoms with Crippen LogP contribution in [0.1, 0.15) is 12.0 Å². The van der Waals surface area contributed by atoms with Gasteiger partial charge in [-0.15, -0.1) is 0 Å². The maximum Gasteiger partial charge on any atom is 0.411 e. The molecule has 1 aromatic rings. The summed E-state index contributed by atoms with van der Waals surface area (Å²) in [6.07, 6.45) is -4.12. The SMILES string of the molecule is NS(=O)(=O)c1ccc(CCNC(=O)CCOCC(F)(F)F)cc1. The molecule has 6 nitrogen and oxygen atoms in total. The van der Waals surface area contributed by atoms with Gasteiger partial charge >= 0.3 is 6.18 Å². The van der Waals surface area contributed by atoms with Crippen molar-refractivity contribution in [2.75, 3.05) is 19.8 Å². The van der Waals surface area contributed by atoms with Crippen LogP contribution in [0, 0.1) is 0 Å². The van der Waals surface area contributed by atoms with Gasteiger partial charge in [0, 0.05) is 13.0 Å². The number of primary sulfonamides is 1. The Balaban J connectivity index is 2.25. The molecule has 130 valence electrons. The Kier molecular flexibility index (Phi) is 6.98. The molecule has 0 radical (unpaired) electrons. The van der Waals surface area contributed by atoms with Crippen molar-refractivity contribution in [1.82, 2.24) is 5.32 Å². The normalized spacial score (nSPS) is 12.2. The van der Waals surface area contributed by atoms with Crippen molar-refractivity contribution < 1.29 is 31.1 Å². The quantitative estimate of drug-likeness (QED) is 0.680. The van der Waals surface area contributed by atoms with Crippen LogP contribution in [-0.4, -0.2) is 40.3 Å². The number of hydrogen-bond donors (Lipinski definition) is 2. The third-order valence-electron chi connectivity index (χ3n) is 2.73. The summed E-state index contributed by atoms with van der Waals surface area (Å²) >= 11 is 0. The lowest BCUT2D eigenvalue weighted by Gasteiger charge is -2.08. The van der Waals surface area contributed by atoms with Gasteiger partial charge in [-0.05, 0) is 24.1 Å². The number of halogens is 3. The lowest BCUT2D eigenvalue weighted by molar-refractivity contribution is -0.174. The monoisotopic (exact) mass is 354 g/mol. The number of sulfonamides is 1. The molecule has 0 bridgehead atoms. The molecule has 23 heavy (non-hydrogen) atoms. The Hall–Kier alpha value is -1.65. The predicted octanol–water partition coefficient (Wildman–Crippen LogP) is 0.962.